The van der Waals surface area contributed by atoms with E-state index in [1.807, 2.05) is 6.92 Å². The average molecular weight is 198 g/mol. The summed E-state index contributed by atoms with van der Waals surface area (Å²) in [7, 11) is 0. The van der Waals surface area contributed by atoms with Gasteiger partial charge in [0.25, 0.3) is 0 Å². The van der Waals surface area contributed by atoms with Crippen LogP contribution in [-0.4, -0.2) is 54.1 Å². The highest BCUT2D eigenvalue weighted by molar-refractivity contribution is 5.98. The normalized spacial score (nSPS) is 18.4. The zero-order chi connectivity index (χ0) is 10.6. The molecule has 5 nitrogen and oxygen atoms in total. The van der Waals surface area contributed by atoms with Gasteiger partial charge in [-0.3, -0.25) is 9.59 Å². The summed E-state index contributed by atoms with van der Waals surface area (Å²) in [5.41, 5.74) is 0. The second-order valence-corrected chi connectivity index (χ2v) is 3.16. The minimum absolute atomic E-state index is 0.0870. The molecule has 78 valence electrons. The predicted octanol–water partition coefficient (Wildman–Crippen LogP) is -0.734. The minimum atomic E-state index is -0.252. The molecule has 2 amide bonds. The van der Waals surface area contributed by atoms with Gasteiger partial charge in [-0.2, -0.15) is 0 Å². The summed E-state index contributed by atoms with van der Waals surface area (Å²) in [4.78, 5) is 36.1. The Bertz CT molecular complexity index is 252. The van der Waals surface area contributed by atoms with Crippen molar-refractivity contribution in [2.24, 2.45) is 0 Å². The summed E-state index contributed by atoms with van der Waals surface area (Å²) in [6.45, 7) is 3.55. The van der Waals surface area contributed by atoms with Crippen LogP contribution in [0.3, 0.4) is 0 Å². The van der Waals surface area contributed by atoms with Gasteiger partial charge in [0.15, 0.2) is 0 Å². The number of hydrogen-bond acceptors (Lipinski definition) is 3. The van der Waals surface area contributed by atoms with Gasteiger partial charge in [-0.05, 0) is 6.92 Å². The molecule has 0 aliphatic carbocycles. The molecule has 1 heterocycles. The summed E-state index contributed by atoms with van der Waals surface area (Å²) in [5, 5.41) is 0. The molecule has 1 aliphatic heterocycles. The molecule has 0 aromatic rings. The van der Waals surface area contributed by atoms with Crippen molar-refractivity contribution in [1.82, 2.24) is 9.80 Å². The Labute approximate surface area is 82.7 Å². The fraction of sp³-hybridized carbons (Fsp3) is 0.667. The maximum Gasteiger partial charge on any atom is 0.232 e. The summed E-state index contributed by atoms with van der Waals surface area (Å²) in [6, 6.07) is 0. The van der Waals surface area contributed by atoms with Gasteiger partial charge in [0.2, 0.25) is 11.8 Å². The summed E-state index contributed by atoms with van der Waals surface area (Å²) in [5.74, 6) is -0.399. The van der Waals surface area contributed by atoms with Gasteiger partial charge >= 0.3 is 0 Å². The lowest BCUT2D eigenvalue weighted by Crippen LogP contribution is -2.34. The number of rotatable bonds is 3. The molecular formula is C9H14N2O3. The number of amides is 2. The van der Waals surface area contributed by atoms with E-state index in [1.54, 1.807) is 4.90 Å². The van der Waals surface area contributed by atoms with Crippen LogP contribution in [0.1, 0.15) is 13.3 Å². The molecule has 1 aliphatic rings. The first-order valence-electron chi connectivity index (χ1n) is 4.68. The van der Waals surface area contributed by atoms with Crippen molar-refractivity contribution in [2.75, 3.05) is 26.2 Å². The lowest BCUT2D eigenvalue weighted by atomic mass is 10.3. The van der Waals surface area contributed by atoms with Gasteiger partial charge in [-0.25, -0.2) is 0 Å². The number of aldehydes is 1. The molecule has 0 saturated carbocycles. The van der Waals surface area contributed by atoms with E-state index >= 15 is 0 Å². The standard InChI is InChI=1S/C9H14N2O3/c1-2-10-3-4-11(5-6-12)9(14)7-8(10)13/h6H,2-5,7H2,1H3. The van der Waals surface area contributed by atoms with Gasteiger partial charge in [0.05, 0.1) is 6.54 Å². The van der Waals surface area contributed by atoms with Crippen LogP contribution in [0.2, 0.25) is 0 Å². The van der Waals surface area contributed by atoms with Crippen molar-refractivity contribution < 1.29 is 14.4 Å². The summed E-state index contributed by atoms with van der Waals surface area (Å²) < 4.78 is 0. The quantitative estimate of drug-likeness (QED) is 0.443. The molecule has 0 spiro atoms. The Hall–Kier alpha value is -1.39. The van der Waals surface area contributed by atoms with Crippen molar-refractivity contribution >= 4 is 18.1 Å². The lowest BCUT2D eigenvalue weighted by molar-refractivity contribution is -0.138. The molecule has 0 radical (unpaired) electrons. The molecule has 0 N–H and O–H groups in total. The van der Waals surface area contributed by atoms with Crippen LogP contribution < -0.4 is 0 Å². The third kappa shape index (κ3) is 2.31. The monoisotopic (exact) mass is 198 g/mol. The number of nitrogens with zero attached hydrogens (tertiary/aromatic N) is 2. The molecule has 0 aromatic heterocycles. The zero-order valence-electron chi connectivity index (χ0n) is 8.23. The van der Waals surface area contributed by atoms with Gasteiger partial charge < -0.3 is 14.6 Å². The first kappa shape index (κ1) is 10.7. The van der Waals surface area contributed by atoms with Gasteiger partial charge in [-0.15, -0.1) is 0 Å². The number of likely N-dealkylation sites (N-methyl/N-ethyl adjacent to an activating group) is 1. The second-order valence-electron chi connectivity index (χ2n) is 3.16. The van der Waals surface area contributed by atoms with Crippen LogP contribution in [0, 0.1) is 0 Å². The molecule has 1 rings (SSSR count). The predicted molar refractivity (Wildman–Crippen MR) is 49.5 cm³/mol. The van der Waals surface area contributed by atoms with Crippen LogP contribution in [0.25, 0.3) is 0 Å². The Morgan fingerprint density at radius 1 is 1.21 bits per heavy atom. The fourth-order valence-corrected chi connectivity index (χ4v) is 1.46. The minimum Gasteiger partial charge on any atom is -0.341 e. The number of carbonyl (C=O) groups is 3. The summed E-state index contributed by atoms with van der Waals surface area (Å²) >= 11 is 0. The van der Waals surface area contributed by atoms with E-state index in [1.165, 1.54) is 4.90 Å². The van der Waals surface area contributed by atoms with E-state index in [0.717, 1.165) is 0 Å². The maximum atomic E-state index is 11.4. The Morgan fingerprint density at radius 2 is 1.79 bits per heavy atom. The highest BCUT2D eigenvalue weighted by atomic mass is 16.2. The Balaban J connectivity index is 2.66. The number of carbonyl (C=O) groups excluding carboxylic acids is 3. The molecule has 0 bridgehead atoms. The van der Waals surface area contributed by atoms with Crippen LogP contribution in [-0.2, 0) is 14.4 Å². The van der Waals surface area contributed by atoms with E-state index in [-0.39, 0.29) is 24.8 Å². The maximum absolute atomic E-state index is 11.4. The van der Waals surface area contributed by atoms with Crippen LogP contribution in [0.15, 0.2) is 0 Å². The molecule has 1 saturated heterocycles. The van der Waals surface area contributed by atoms with E-state index in [2.05, 4.69) is 0 Å². The van der Waals surface area contributed by atoms with E-state index in [0.29, 0.717) is 25.9 Å². The van der Waals surface area contributed by atoms with E-state index < -0.39 is 0 Å². The van der Waals surface area contributed by atoms with Crippen LogP contribution in [0.5, 0.6) is 0 Å². The summed E-state index contributed by atoms with van der Waals surface area (Å²) in [6.07, 6.45) is 0.575. The van der Waals surface area contributed by atoms with Gasteiger partial charge in [0.1, 0.15) is 12.7 Å². The van der Waals surface area contributed by atoms with E-state index in [4.69, 9.17) is 0 Å². The third-order valence-corrected chi connectivity index (χ3v) is 2.32. The first-order chi connectivity index (χ1) is 6.69. The fourth-order valence-electron chi connectivity index (χ4n) is 1.46. The van der Waals surface area contributed by atoms with Crippen molar-refractivity contribution in [3.63, 3.8) is 0 Å². The molecule has 0 atom stereocenters. The molecule has 5 heteroatoms. The topological polar surface area (TPSA) is 57.7 Å². The number of hydrogen-bond donors (Lipinski definition) is 0. The second kappa shape index (κ2) is 4.74. The average Bonchev–Trinajstić information content (AvgIpc) is 2.28. The zero-order valence-corrected chi connectivity index (χ0v) is 8.23. The largest absolute Gasteiger partial charge is 0.341 e. The highest BCUT2D eigenvalue weighted by Crippen LogP contribution is 2.04. The molecule has 0 unspecified atom stereocenters. The van der Waals surface area contributed by atoms with Crippen LogP contribution in [0.4, 0.5) is 0 Å². The van der Waals surface area contributed by atoms with Crippen LogP contribution >= 0.6 is 0 Å². The Kier molecular flexibility index (Phi) is 3.62. The van der Waals surface area contributed by atoms with Crippen molar-refractivity contribution in [2.45, 2.75) is 13.3 Å². The van der Waals surface area contributed by atoms with Crippen molar-refractivity contribution in [1.29, 1.82) is 0 Å². The van der Waals surface area contributed by atoms with Crippen molar-refractivity contribution in [3.05, 3.63) is 0 Å². The molecule has 1 fully saturated rings. The van der Waals surface area contributed by atoms with Gasteiger partial charge in [-0.1, -0.05) is 0 Å². The SMILES string of the molecule is CCN1CCN(CC=O)C(=O)CC1=O. The van der Waals surface area contributed by atoms with Gasteiger partial charge in [0, 0.05) is 19.6 Å². The highest BCUT2D eigenvalue weighted by Gasteiger charge is 2.24. The smallest absolute Gasteiger partial charge is 0.232 e. The van der Waals surface area contributed by atoms with E-state index in [9.17, 15) is 14.4 Å². The molecular weight excluding hydrogens is 184 g/mol. The molecule has 0 aromatic carbocycles. The lowest BCUT2D eigenvalue weighted by Gasteiger charge is -2.19. The molecule has 14 heavy (non-hydrogen) atoms. The Morgan fingerprint density at radius 3 is 2.36 bits per heavy atom. The van der Waals surface area contributed by atoms with Crippen molar-refractivity contribution in [3.8, 4) is 0 Å². The third-order valence-electron chi connectivity index (χ3n) is 2.32. The first-order valence-corrected chi connectivity index (χ1v) is 4.68.